The summed E-state index contributed by atoms with van der Waals surface area (Å²) in [6.45, 7) is 0.367. The Morgan fingerprint density at radius 2 is 1.73 bits per heavy atom. The molecule has 2 amide bonds. The Morgan fingerprint density at radius 1 is 1.04 bits per heavy atom. The topological polar surface area (TPSA) is 58.2 Å². The first-order valence-electron chi connectivity index (χ1n) is 8.20. The lowest BCUT2D eigenvalue weighted by atomic mass is 10.0. The summed E-state index contributed by atoms with van der Waals surface area (Å²) in [5, 5.41) is 6.57. The minimum absolute atomic E-state index is 0.304. The van der Waals surface area contributed by atoms with E-state index in [4.69, 9.17) is 23.2 Å². The van der Waals surface area contributed by atoms with E-state index in [0.717, 1.165) is 5.56 Å². The molecule has 1 fully saturated rings. The maximum Gasteiger partial charge on any atom is 0.240 e. The second-order valence-corrected chi connectivity index (χ2v) is 7.13. The van der Waals surface area contributed by atoms with Gasteiger partial charge in [0.2, 0.25) is 11.8 Å². The van der Waals surface area contributed by atoms with E-state index in [0.29, 0.717) is 41.5 Å². The lowest BCUT2D eigenvalue weighted by Gasteiger charge is -2.15. The molecule has 1 aliphatic rings. The van der Waals surface area contributed by atoms with Gasteiger partial charge < -0.3 is 10.6 Å². The SMILES string of the molecule is O=C(NCCc1ccc(Cl)cc1Cl)C1(C(=O)Nc2ccc(F)cc2)CC1. The number of carbonyl (C=O) groups excluding carboxylic acids is 2. The van der Waals surface area contributed by atoms with Crippen molar-refractivity contribution in [2.45, 2.75) is 19.3 Å². The highest BCUT2D eigenvalue weighted by Gasteiger charge is 2.56. The highest BCUT2D eigenvalue weighted by atomic mass is 35.5. The first-order chi connectivity index (χ1) is 12.4. The van der Waals surface area contributed by atoms with Crippen LogP contribution >= 0.6 is 23.2 Å². The summed E-state index contributed by atoms with van der Waals surface area (Å²) in [5.74, 6) is -1.06. The van der Waals surface area contributed by atoms with E-state index < -0.39 is 5.41 Å². The van der Waals surface area contributed by atoms with Gasteiger partial charge in [0.05, 0.1) is 0 Å². The fourth-order valence-electron chi connectivity index (χ4n) is 2.67. The third-order valence-corrected chi connectivity index (χ3v) is 5.00. The largest absolute Gasteiger partial charge is 0.355 e. The molecule has 1 aliphatic carbocycles. The second-order valence-electron chi connectivity index (χ2n) is 6.28. The third kappa shape index (κ3) is 4.17. The lowest BCUT2D eigenvalue weighted by Crippen LogP contribution is -2.40. The van der Waals surface area contributed by atoms with Gasteiger partial charge in [-0.15, -0.1) is 0 Å². The zero-order chi connectivity index (χ0) is 18.7. The Balaban J connectivity index is 1.55. The van der Waals surface area contributed by atoms with Crippen LogP contribution in [0.3, 0.4) is 0 Å². The summed E-state index contributed by atoms with van der Waals surface area (Å²) in [6.07, 6.45) is 1.53. The van der Waals surface area contributed by atoms with Crippen LogP contribution in [0.2, 0.25) is 10.0 Å². The number of amides is 2. The monoisotopic (exact) mass is 394 g/mol. The molecule has 136 valence electrons. The summed E-state index contributed by atoms with van der Waals surface area (Å²) < 4.78 is 12.9. The van der Waals surface area contributed by atoms with E-state index >= 15 is 0 Å². The maximum absolute atomic E-state index is 12.9. The summed E-state index contributed by atoms with van der Waals surface area (Å²) in [6, 6.07) is 10.6. The minimum Gasteiger partial charge on any atom is -0.355 e. The van der Waals surface area contributed by atoms with Crippen LogP contribution in [0.4, 0.5) is 10.1 Å². The van der Waals surface area contributed by atoms with Crippen LogP contribution in [-0.2, 0) is 16.0 Å². The van der Waals surface area contributed by atoms with Gasteiger partial charge in [0.15, 0.2) is 0 Å². The average molecular weight is 395 g/mol. The van der Waals surface area contributed by atoms with Gasteiger partial charge in [-0.25, -0.2) is 4.39 Å². The van der Waals surface area contributed by atoms with Gasteiger partial charge in [-0.3, -0.25) is 9.59 Å². The summed E-state index contributed by atoms with van der Waals surface area (Å²) >= 11 is 12.0. The summed E-state index contributed by atoms with van der Waals surface area (Å²) in [4.78, 5) is 24.9. The minimum atomic E-state index is -1.04. The van der Waals surface area contributed by atoms with Crippen molar-refractivity contribution in [3.8, 4) is 0 Å². The molecule has 0 bridgehead atoms. The molecule has 26 heavy (non-hydrogen) atoms. The van der Waals surface area contributed by atoms with E-state index in [1.165, 1.54) is 24.3 Å². The molecule has 0 spiro atoms. The van der Waals surface area contributed by atoms with Crippen LogP contribution in [-0.4, -0.2) is 18.4 Å². The molecule has 2 aromatic carbocycles. The molecule has 0 aliphatic heterocycles. The molecular formula is C19H17Cl2FN2O2. The smallest absolute Gasteiger partial charge is 0.240 e. The molecule has 0 atom stereocenters. The molecule has 1 saturated carbocycles. The van der Waals surface area contributed by atoms with Gasteiger partial charge in [0, 0.05) is 22.3 Å². The number of carbonyl (C=O) groups is 2. The molecule has 4 nitrogen and oxygen atoms in total. The molecule has 0 heterocycles. The second kappa shape index (κ2) is 7.64. The Hall–Kier alpha value is -2.11. The first kappa shape index (κ1) is 18.7. The Bertz CT molecular complexity index is 836. The van der Waals surface area contributed by atoms with E-state index in [9.17, 15) is 14.0 Å². The van der Waals surface area contributed by atoms with Gasteiger partial charge in [0.1, 0.15) is 11.2 Å². The van der Waals surface area contributed by atoms with Crippen LogP contribution < -0.4 is 10.6 Å². The molecule has 7 heteroatoms. The van der Waals surface area contributed by atoms with Crippen molar-refractivity contribution in [3.63, 3.8) is 0 Å². The number of hydrogen-bond donors (Lipinski definition) is 2. The quantitative estimate of drug-likeness (QED) is 0.720. The van der Waals surface area contributed by atoms with Crippen molar-refractivity contribution in [3.05, 3.63) is 63.9 Å². The van der Waals surface area contributed by atoms with Crippen molar-refractivity contribution in [2.24, 2.45) is 5.41 Å². The Morgan fingerprint density at radius 3 is 2.35 bits per heavy atom. The molecule has 2 N–H and O–H groups in total. The third-order valence-electron chi connectivity index (χ3n) is 4.42. The number of nitrogens with one attached hydrogen (secondary N) is 2. The van der Waals surface area contributed by atoms with Crippen LogP contribution in [0.1, 0.15) is 18.4 Å². The van der Waals surface area contributed by atoms with Crippen molar-refractivity contribution in [1.29, 1.82) is 0 Å². The molecule has 3 rings (SSSR count). The number of hydrogen-bond acceptors (Lipinski definition) is 2. The van der Waals surface area contributed by atoms with Crippen molar-refractivity contribution < 1.29 is 14.0 Å². The van der Waals surface area contributed by atoms with Crippen LogP contribution in [0.15, 0.2) is 42.5 Å². The average Bonchev–Trinajstić information content (AvgIpc) is 3.41. The number of anilines is 1. The zero-order valence-corrected chi connectivity index (χ0v) is 15.3. The van der Waals surface area contributed by atoms with Gasteiger partial charge >= 0.3 is 0 Å². The van der Waals surface area contributed by atoms with Crippen LogP contribution in [0.25, 0.3) is 0 Å². The normalized spacial score (nSPS) is 14.6. The first-order valence-corrected chi connectivity index (χ1v) is 8.95. The van der Waals surface area contributed by atoms with Crippen molar-refractivity contribution in [2.75, 3.05) is 11.9 Å². The molecular weight excluding hydrogens is 378 g/mol. The van der Waals surface area contributed by atoms with Crippen LogP contribution in [0.5, 0.6) is 0 Å². The van der Waals surface area contributed by atoms with Crippen molar-refractivity contribution in [1.82, 2.24) is 5.32 Å². The van der Waals surface area contributed by atoms with Gasteiger partial charge in [-0.2, -0.15) is 0 Å². The zero-order valence-electron chi connectivity index (χ0n) is 13.8. The molecule has 0 aromatic heterocycles. The number of halogens is 3. The van der Waals surface area contributed by atoms with Crippen LogP contribution in [0, 0.1) is 11.2 Å². The summed E-state index contributed by atoms with van der Waals surface area (Å²) in [7, 11) is 0. The van der Waals surface area contributed by atoms with E-state index in [2.05, 4.69) is 10.6 Å². The van der Waals surface area contributed by atoms with E-state index in [-0.39, 0.29) is 17.6 Å². The highest BCUT2D eigenvalue weighted by molar-refractivity contribution is 6.35. The molecule has 0 unspecified atom stereocenters. The number of benzene rings is 2. The van der Waals surface area contributed by atoms with Gasteiger partial charge in [-0.1, -0.05) is 29.3 Å². The molecule has 0 radical (unpaired) electrons. The predicted molar refractivity (Wildman–Crippen MR) is 99.9 cm³/mol. The van der Waals surface area contributed by atoms with E-state index in [1.54, 1.807) is 12.1 Å². The van der Waals surface area contributed by atoms with E-state index in [1.807, 2.05) is 6.07 Å². The number of rotatable bonds is 6. The maximum atomic E-state index is 12.9. The predicted octanol–water partition coefficient (Wildman–Crippen LogP) is 4.21. The standard InChI is InChI=1S/C19H17Cl2FN2O2/c20-13-2-1-12(16(21)11-13)7-10-23-17(25)19(8-9-19)18(26)24-15-5-3-14(22)4-6-15/h1-6,11H,7-10H2,(H,23,25)(H,24,26). The highest BCUT2D eigenvalue weighted by Crippen LogP contribution is 2.46. The summed E-state index contributed by atoms with van der Waals surface area (Å²) in [5.41, 5.74) is 0.290. The van der Waals surface area contributed by atoms with Gasteiger partial charge in [-0.05, 0) is 61.2 Å². The Labute approximate surface area is 160 Å². The molecule has 0 saturated heterocycles. The Kier molecular flexibility index (Phi) is 5.49. The molecule has 2 aromatic rings. The van der Waals surface area contributed by atoms with Gasteiger partial charge in [0.25, 0.3) is 0 Å². The van der Waals surface area contributed by atoms with Crippen molar-refractivity contribution >= 4 is 40.7 Å². The lowest BCUT2D eigenvalue weighted by molar-refractivity contribution is -0.134. The fraction of sp³-hybridized carbons (Fsp3) is 0.263. The fourth-order valence-corrected chi connectivity index (χ4v) is 3.17.